The summed E-state index contributed by atoms with van der Waals surface area (Å²) in [5, 5.41) is 1.56. The summed E-state index contributed by atoms with van der Waals surface area (Å²) in [6.07, 6.45) is -0.353. The highest BCUT2D eigenvalue weighted by Gasteiger charge is 2.24. The molecule has 1 aliphatic heterocycles. The van der Waals surface area contributed by atoms with Crippen molar-refractivity contribution in [1.29, 1.82) is 0 Å². The maximum atomic E-state index is 11.8. The van der Waals surface area contributed by atoms with Gasteiger partial charge in [0.25, 0.3) is 0 Å². The van der Waals surface area contributed by atoms with Crippen LogP contribution in [0, 0.1) is 0 Å². The second-order valence-electron chi connectivity index (χ2n) is 4.13. The lowest BCUT2D eigenvalue weighted by atomic mass is 10.2. The molecule has 1 aliphatic rings. The molecule has 1 saturated heterocycles. The molecule has 0 N–H and O–H groups in total. The number of rotatable bonds is 2. The molecule has 1 amide bonds. The van der Waals surface area contributed by atoms with Crippen molar-refractivity contribution in [3.05, 3.63) is 35.9 Å². The van der Waals surface area contributed by atoms with E-state index in [0.717, 1.165) is 0 Å². The van der Waals surface area contributed by atoms with Crippen LogP contribution in [0.5, 0.6) is 0 Å². The molecule has 1 aromatic carbocycles. The van der Waals surface area contributed by atoms with E-state index in [1.54, 1.807) is 34.2 Å². The summed E-state index contributed by atoms with van der Waals surface area (Å²) >= 11 is 0. The van der Waals surface area contributed by atoms with Crippen LogP contribution in [0.2, 0.25) is 0 Å². The average molecular weight is 264 g/mol. The van der Waals surface area contributed by atoms with Crippen LogP contribution >= 0.6 is 0 Å². The molecular formula is C13H16N2O4. The van der Waals surface area contributed by atoms with Gasteiger partial charge in [-0.15, -0.1) is 5.06 Å². The normalized spacial score (nSPS) is 15.9. The van der Waals surface area contributed by atoms with Gasteiger partial charge < -0.3 is 14.5 Å². The topological polar surface area (TPSA) is 59.1 Å². The van der Waals surface area contributed by atoms with E-state index in [0.29, 0.717) is 31.7 Å². The summed E-state index contributed by atoms with van der Waals surface area (Å²) in [6.45, 7) is 1.92. The van der Waals surface area contributed by atoms with Crippen molar-refractivity contribution in [2.24, 2.45) is 0 Å². The summed E-state index contributed by atoms with van der Waals surface area (Å²) in [4.78, 5) is 29.9. The van der Waals surface area contributed by atoms with Gasteiger partial charge in [-0.25, -0.2) is 9.59 Å². The van der Waals surface area contributed by atoms with Crippen molar-refractivity contribution in [3.8, 4) is 0 Å². The van der Waals surface area contributed by atoms with E-state index >= 15 is 0 Å². The predicted molar refractivity (Wildman–Crippen MR) is 67.4 cm³/mol. The van der Waals surface area contributed by atoms with Gasteiger partial charge in [-0.2, -0.15) is 0 Å². The molecule has 6 nitrogen and oxygen atoms in total. The standard InChI is InChI=1S/C13H16N2O4/c1-18-13(17)14-7-9-15(10-8-14)19-12(16)11-5-3-2-4-6-11/h2-6H,7-10H2,1H3. The van der Waals surface area contributed by atoms with Gasteiger partial charge in [0.15, 0.2) is 0 Å². The Morgan fingerprint density at radius 3 is 2.26 bits per heavy atom. The quantitative estimate of drug-likeness (QED) is 0.801. The fraction of sp³-hybridized carbons (Fsp3) is 0.385. The largest absolute Gasteiger partial charge is 0.453 e. The summed E-state index contributed by atoms with van der Waals surface area (Å²) in [5.74, 6) is -0.382. The van der Waals surface area contributed by atoms with Crippen molar-refractivity contribution in [2.75, 3.05) is 33.3 Å². The summed E-state index contributed by atoms with van der Waals surface area (Å²) in [5.41, 5.74) is 0.512. The van der Waals surface area contributed by atoms with Gasteiger partial charge >= 0.3 is 12.1 Å². The predicted octanol–water partition coefficient (Wildman–Crippen LogP) is 1.14. The van der Waals surface area contributed by atoms with Crippen LogP contribution in [0.25, 0.3) is 0 Å². The second kappa shape index (κ2) is 6.19. The third-order valence-electron chi connectivity index (χ3n) is 2.89. The molecule has 0 spiro atoms. The molecule has 102 valence electrons. The number of benzene rings is 1. The van der Waals surface area contributed by atoms with E-state index in [1.165, 1.54) is 7.11 Å². The van der Waals surface area contributed by atoms with Gasteiger partial charge in [0.2, 0.25) is 0 Å². The van der Waals surface area contributed by atoms with Crippen LogP contribution < -0.4 is 0 Å². The Morgan fingerprint density at radius 2 is 1.68 bits per heavy atom. The molecule has 0 saturated carbocycles. The monoisotopic (exact) mass is 264 g/mol. The van der Waals surface area contributed by atoms with Crippen LogP contribution in [0.1, 0.15) is 10.4 Å². The van der Waals surface area contributed by atoms with Crippen molar-refractivity contribution in [2.45, 2.75) is 0 Å². The summed E-state index contributed by atoms with van der Waals surface area (Å²) < 4.78 is 4.64. The SMILES string of the molecule is COC(=O)N1CCN(OC(=O)c2ccccc2)CC1. The highest BCUT2D eigenvalue weighted by molar-refractivity contribution is 5.89. The Kier molecular flexibility index (Phi) is 4.35. The molecule has 1 aromatic rings. The van der Waals surface area contributed by atoms with E-state index < -0.39 is 0 Å². The Bertz CT molecular complexity index is 441. The molecular weight excluding hydrogens is 248 g/mol. The lowest BCUT2D eigenvalue weighted by molar-refractivity contribution is -0.127. The van der Waals surface area contributed by atoms with E-state index in [2.05, 4.69) is 4.74 Å². The Balaban J connectivity index is 1.83. The fourth-order valence-corrected chi connectivity index (χ4v) is 1.84. The highest BCUT2D eigenvalue weighted by Crippen LogP contribution is 2.07. The fourth-order valence-electron chi connectivity index (χ4n) is 1.84. The van der Waals surface area contributed by atoms with Crippen molar-refractivity contribution in [1.82, 2.24) is 9.96 Å². The number of amides is 1. The summed E-state index contributed by atoms with van der Waals surface area (Å²) in [7, 11) is 1.35. The average Bonchev–Trinajstić information content (AvgIpc) is 2.48. The Hall–Kier alpha value is -2.08. The summed E-state index contributed by atoms with van der Waals surface area (Å²) in [6, 6.07) is 8.81. The highest BCUT2D eigenvalue weighted by atomic mass is 16.7. The first-order chi connectivity index (χ1) is 9.20. The van der Waals surface area contributed by atoms with Crippen molar-refractivity contribution in [3.63, 3.8) is 0 Å². The molecule has 0 unspecified atom stereocenters. The number of carbonyl (C=O) groups is 2. The number of hydrogen-bond acceptors (Lipinski definition) is 5. The molecule has 0 aliphatic carbocycles. The number of piperazine rings is 1. The van der Waals surface area contributed by atoms with Crippen LogP contribution in [0.4, 0.5) is 4.79 Å². The first-order valence-corrected chi connectivity index (χ1v) is 6.06. The zero-order chi connectivity index (χ0) is 13.7. The van der Waals surface area contributed by atoms with Crippen LogP contribution in [0.3, 0.4) is 0 Å². The molecule has 0 aromatic heterocycles. The van der Waals surface area contributed by atoms with E-state index in [4.69, 9.17) is 4.84 Å². The van der Waals surface area contributed by atoms with E-state index in [-0.39, 0.29) is 12.1 Å². The van der Waals surface area contributed by atoms with E-state index in [9.17, 15) is 9.59 Å². The minimum absolute atomic E-state index is 0.353. The number of hydroxylamine groups is 2. The van der Waals surface area contributed by atoms with Gasteiger partial charge in [0, 0.05) is 13.1 Å². The number of nitrogens with zero attached hydrogens (tertiary/aromatic N) is 2. The zero-order valence-electron chi connectivity index (χ0n) is 10.7. The number of ether oxygens (including phenoxy) is 1. The molecule has 0 radical (unpaired) electrons. The van der Waals surface area contributed by atoms with Gasteiger partial charge in [-0.3, -0.25) is 0 Å². The smallest absolute Gasteiger partial charge is 0.409 e. The van der Waals surface area contributed by atoms with Gasteiger partial charge in [-0.05, 0) is 12.1 Å². The van der Waals surface area contributed by atoms with Gasteiger partial charge in [0.05, 0.1) is 25.8 Å². The molecule has 1 heterocycles. The van der Waals surface area contributed by atoms with E-state index in [1.807, 2.05) is 6.07 Å². The first-order valence-electron chi connectivity index (χ1n) is 6.06. The molecule has 1 fully saturated rings. The van der Waals surface area contributed by atoms with Crippen molar-refractivity contribution >= 4 is 12.1 Å². The minimum Gasteiger partial charge on any atom is -0.453 e. The zero-order valence-corrected chi connectivity index (χ0v) is 10.7. The lowest BCUT2D eigenvalue weighted by Crippen LogP contribution is -2.49. The van der Waals surface area contributed by atoms with Crippen LogP contribution in [0.15, 0.2) is 30.3 Å². The lowest BCUT2D eigenvalue weighted by Gasteiger charge is -2.32. The first kappa shape index (κ1) is 13.4. The maximum Gasteiger partial charge on any atom is 0.409 e. The van der Waals surface area contributed by atoms with Gasteiger partial charge in [0.1, 0.15) is 0 Å². The molecule has 2 rings (SSSR count). The minimum atomic E-state index is -0.382. The second-order valence-corrected chi connectivity index (χ2v) is 4.13. The number of hydrogen-bond donors (Lipinski definition) is 0. The van der Waals surface area contributed by atoms with Crippen molar-refractivity contribution < 1.29 is 19.2 Å². The molecule has 0 bridgehead atoms. The van der Waals surface area contributed by atoms with Crippen LogP contribution in [-0.4, -0.2) is 55.3 Å². The third kappa shape index (κ3) is 3.45. The third-order valence-corrected chi connectivity index (χ3v) is 2.89. The molecule has 0 atom stereocenters. The molecule has 19 heavy (non-hydrogen) atoms. The number of carbonyl (C=O) groups excluding carboxylic acids is 2. The molecule has 6 heteroatoms. The van der Waals surface area contributed by atoms with Gasteiger partial charge in [-0.1, -0.05) is 18.2 Å². The number of methoxy groups -OCH3 is 1. The Morgan fingerprint density at radius 1 is 1.05 bits per heavy atom. The Labute approximate surface area is 111 Å². The maximum absolute atomic E-state index is 11.8. The van der Waals surface area contributed by atoms with Crippen LogP contribution in [-0.2, 0) is 9.57 Å².